The Morgan fingerprint density at radius 2 is 1.95 bits per heavy atom. The molecule has 4 nitrogen and oxygen atoms in total. The molecule has 1 saturated heterocycles. The Labute approximate surface area is 118 Å². The van der Waals surface area contributed by atoms with Gasteiger partial charge in [-0.05, 0) is 57.3 Å². The second-order valence-corrected chi connectivity index (χ2v) is 6.56. The minimum absolute atomic E-state index is 0.212. The van der Waals surface area contributed by atoms with Crippen LogP contribution in [0.4, 0.5) is 0 Å². The van der Waals surface area contributed by atoms with Crippen molar-refractivity contribution in [1.29, 1.82) is 0 Å². The molecule has 0 aromatic rings. The van der Waals surface area contributed by atoms with Crippen LogP contribution in [0.5, 0.6) is 0 Å². The van der Waals surface area contributed by atoms with E-state index in [1.165, 1.54) is 25.8 Å². The van der Waals surface area contributed by atoms with Crippen molar-refractivity contribution in [3.63, 3.8) is 0 Å². The van der Waals surface area contributed by atoms with E-state index in [4.69, 9.17) is 5.73 Å². The number of carbonyl (C=O) groups excluding carboxylic acids is 1. The van der Waals surface area contributed by atoms with E-state index in [0.29, 0.717) is 0 Å². The number of carbonyl (C=O) groups is 1. The average molecular weight is 269 g/mol. The lowest BCUT2D eigenvalue weighted by atomic mass is 9.87. The third-order valence-electron chi connectivity index (χ3n) is 4.34. The van der Waals surface area contributed by atoms with Gasteiger partial charge in [-0.25, -0.2) is 0 Å². The minimum atomic E-state index is 0.212. The Bertz CT molecular complexity index is 271. The highest BCUT2D eigenvalue weighted by atomic mass is 16.1. The van der Waals surface area contributed by atoms with Crippen molar-refractivity contribution >= 4 is 5.91 Å². The van der Waals surface area contributed by atoms with Crippen molar-refractivity contribution in [3.05, 3.63) is 0 Å². The summed E-state index contributed by atoms with van der Waals surface area (Å²) in [4.78, 5) is 14.0. The quantitative estimate of drug-likeness (QED) is 0.690. The zero-order chi connectivity index (χ0) is 14.3. The molecule has 3 N–H and O–H groups in total. The highest BCUT2D eigenvalue weighted by Crippen LogP contribution is 2.22. The number of likely N-dealkylation sites (tertiary alicyclic amines) is 1. The molecule has 0 radical (unpaired) electrons. The van der Waals surface area contributed by atoms with E-state index >= 15 is 0 Å². The summed E-state index contributed by atoms with van der Waals surface area (Å²) in [5.41, 5.74) is 6.02. The largest absolute Gasteiger partial charge is 0.359 e. The molecule has 0 aliphatic carbocycles. The maximum absolute atomic E-state index is 11.5. The first-order valence-corrected chi connectivity index (χ1v) is 7.62. The second-order valence-electron chi connectivity index (χ2n) is 6.56. The van der Waals surface area contributed by atoms with Gasteiger partial charge in [0.2, 0.25) is 5.91 Å². The number of rotatable bonds is 7. The SMILES string of the molecule is CNC(=O)C1CCN(CCCCC(C)(C)CN)CC1. The molecule has 0 atom stereocenters. The van der Waals surface area contributed by atoms with Crippen LogP contribution in [0.2, 0.25) is 0 Å². The Balaban J connectivity index is 2.12. The van der Waals surface area contributed by atoms with Crippen LogP contribution in [-0.2, 0) is 4.79 Å². The smallest absolute Gasteiger partial charge is 0.222 e. The number of piperidine rings is 1. The zero-order valence-corrected chi connectivity index (χ0v) is 12.9. The molecule has 0 bridgehead atoms. The molecular formula is C15H31N3O. The first-order chi connectivity index (χ1) is 8.98. The summed E-state index contributed by atoms with van der Waals surface area (Å²) in [7, 11) is 1.73. The molecule has 0 unspecified atom stereocenters. The summed E-state index contributed by atoms with van der Waals surface area (Å²) < 4.78 is 0. The van der Waals surface area contributed by atoms with Crippen LogP contribution in [-0.4, -0.2) is 44.0 Å². The number of hydrogen-bond acceptors (Lipinski definition) is 3. The monoisotopic (exact) mass is 269 g/mol. The van der Waals surface area contributed by atoms with Crippen LogP contribution in [0.1, 0.15) is 46.0 Å². The first-order valence-electron chi connectivity index (χ1n) is 7.62. The van der Waals surface area contributed by atoms with Gasteiger partial charge in [0.1, 0.15) is 0 Å². The molecule has 1 fully saturated rings. The fourth-order valence-corrected chi connectivity index (χ4v) is 2.66. The summed E-state index contributed by atoms with van der Waals surface area (Å²) in [5.74, 6) is 0.446. The number of nitrogens with zero attached hydrogens (tertiary/aromatic N) is 1. The second kappa shape index (κ2) is 7.85. The maximum Gasteiger partial charge on any atom is 0.222 e. The van der Waals surface area contributed by atoms with E-state index in [1.807, 2.05) is 0 Å². The van der Waals surface area contributed by atoms with E-state index in [2.05, 4.69) is 24.1 Å². The van der Waals surface area contributed by atoms with Crippen molar-refractivity contribution < 1.29 is 4.79 Å². The van der Waals surface area contributed by atoms with Gasteiger partial charge < -0.3 is 16.0 Å². The Morgan fingerprint density at radius 3 is 2.47 bits per heavy atom. The van der Waals surface area contributed by atoms with Gasteiger partial charge in [0.05, 0.1) is 0 Å². The summed E-state index contributed by atoms with van der Waals surface area (Å²) in [5, 5.41) is 2.76. The van der Waals surface area contributed by atoms with Crippen LogP contribution in [0.15, 0.2) is 0 Å². The summed E-state index contributed by atoms with van der Waals surface area (Å²) in [6.45, 7) is 8.55. The van der Waals surface area contributed by atoms with E-state index in [9.17, 15) is 4.79 Å². The number of amides is 1. The number of unbranched alkanes of at least 4 members (excludes halogenated alkanes) is 1. The van der Waals surface area contributed by atoms with Crippen LogP contribution in [0, 0.1) is 11.3 Å². The van der Waals surface area contributed by atoms with Crippen molar-refractivity contribution in [2.45, 2.75) is 46.0 Å². The molecule has 4 heteroatoms. The lowest BCUT2D eigenvalue weighted by molar-refractivity contribution is -0.125. The molecule has 1 heterocycles. The van der Waals surface area contributed by atoms with Crippen molar-refractivity contribution in [2.24, 2.45) is 17.1 Å². The molecule has 1 amide bonds. The molecular weight excluding hydrogens is 238 g/mol. The molecule has 1 aliphatic rings. The van der Waals surface area contributed by atoms with Crippen LogP contribution < -0.4 is 11.1 Å². The summed E-state index contributed by atoms with van der Waals surface area (Å²) in [6, 6.07) is 0. The third-order valence-corrected chi connectivity index (χ3v) is 4.34. The van der Waals surface area contributed by atoms with Gasteiger partial charge >= 0.3 is 0 Å². The topological polar surface area (TPSA) is 58.4 Å². The highest BCUT2D eigenvalue weighted by molar-refractivity contribution is 5.78. The van der Waals surface area contributed by atoms with Gasteiger partial charge in [0.15, 0.2) is 0 Å². The molecule has 0 aromatic heterocycles. The Hall–Kier alpha value is -0.610. The molecule has 0 spiro atoms. The van der Waals surface area contributed by atoms with Gasteiger partial charge in [-0.2, -0.15) is 0 Å². The average Bonchev–Trinajstić information content (AvgIpc) is 2.43. The predicted molar refractivity (Wildman–Crippen MR) is 79.9 cm³/mol. The van der Waals surface area contributed by atoms with Gasteiger partial charge in [-0.3, -0.25) is 4.79 Å². The minimum Gasteiger partial charge on any atom is -0.359 e. The third kappa shape index (κ3) is 5.91. The first kappa shape index (κ1) is 16.4. The van der Waals surface area contributed by atoms with Gasteiger partial charge in [-0.1, -0.05) is 20.3 Å². The fraction of sp³-hybridized carbons (Fsp3) is 0.933. The molecule has 112 valence electrons. The van der Waals surface area contributed by atoms with Gasteiger partial charge in [-0.15, -0.1) is 0 Å². The van der Waals surface area contributed by atoms with Crippen LogP contribution in [0.25, 0.3) is 0 Å². The van der Waals surface area contributed by atoms with Gasteiger partial charge in [0.25, 0.3) is 0 Å². The van der Waals surface area contributed by atoms with Gasteiger partial charge in [0, 0.05) is 13.0 Å². The summed E-state index contributed by atoms with van der Waals surface area (Å²) >= 11 is 0. The molecule has 1 rings (SSSR count). The standard InChI is InChI=1S/C15H31N3O/c1-15(2,12-16)8-4-5-9-18-10-6-13(7-11-18)14(19)17-3/h13H,4-12,16H2,1-3H3,(H,17,19). The van der Waals surface area contributed by atoms with E-state index < -0.39 is 0 Å². The van der Waals surface area contributed by atoms with Crippen LogP contribution in [0.3, 0.4) is 0 Å². The normalized spacial score (nSPS) is 18.5. The van der Waals surface area contributed by atoms with Crippen molar-refractivity contribution in [3.8, 4) is 0 Å². The molecule has 1 aliphatic heterocycles. The zero-order valence-electron chi connectivity index (χ0n) is 12.9. The number of hydrogen-bond donors (Lipinski definition) is 2. The lowest BCUT2D eigenvalue weighted by Crippen LogP contribution is -2.39. The van der Waals surface area contributed by atoms with Crippen molar-refractivity contribution in [1.82, 2.24) is 10.2 Å². The highest BCUT2D eigenvalue weighted by Gasteiger charge is 2.23. The Morgan fingerprint density at radius 1 is 1.32 bits per heavy atom. The molecule has 19 heavy (non-hydrogen) atoms. The maximum atomic E-state index is 11.5. The number of nitrogens with two attached hydrogens (primary N) is 1. The molecule has 0 aromatic carbocycles. The molecule has 0 saturated carbocycles. The summed E-state index contributed by atoms with van der Waals surface area (Å²) in [6.07, 6.45) is 5.72. The van der Waals surface area contributed by atoms with Crippen LogP contribution >= 0.6 is 0 Å². The number of nitrogens with one attached hydrogen (secondary N) is 1. The Kier molecular flexibility index (Phi) is 6.80. The van der Waals surface area contributed by atoms with E-state index in [-0.39, 0.29) is 17.2 Å². The lowest BCUT2D eigenvalue weighted by Gasteiger charge is -2.31. The van der Waals surface area contributed by atoms with E-state index in [0.717, 1.165) is 32.5 Å². The van der Waals surface area contributed by atoms with Crippen molar-refractivity contribution in [2.75, 3.05) is 33.2 Å². The predicted octanol–water partition coefficient (Wildman–Crippen LogP) is 1.60. The fourth-order valence-electron chi connectivity index (χ4n) is 2.66. The van der Waals surface area contributed by atoms with E-state index in [1.54, 1.807) is 7.05 Å².